The van der Waals surface area contributed by atoms with Crippen molar-refractivity contribution in [3.8, 4) is 0 Å². The monoisotopic (exact) mass is 1360 g/mol. The first kappa shape index (κ1) is 86.8. The van der Waals surface area contributed by atoms with Gasteiger partial charge in [0.15, 0.2) is 0 Å². The van der Waals surface area contributed by atoms with E-state index in [4.69, 9.17) is 10.5 Å². The SMILES string of the molecule is C/C=C/C[C@@H](C)[C@@H](OC(=O)CN(CCC)C(=O)CN)[C@H]1C(=O)N[C@@H](CC)C(=O)N(C)CC(=O)N(C)[C@@H](CC(C)C)C(=O)N[C@@H](C(C)C)C(=O)N(C)[C@@H](CC(C)C)C(=O)N[C@@H](C)C(=O)N[C@@H](C)C(=O)N(C)[C@@H](CC(C)C)C(=O)N(C)[C@@H](CC(C)C)C(=O)N(C)[C@@H](C(C)C)C(=O)N1C. The van der Waals surface area contributed by atoms with Gasteiger partial charge < -0.3 is 70.9 Å². The number of hydrogen-bond acceptors (Lipinski definition) is 15. The molecule has 27 heteroatoms. The molecule has 96 heavy (non-hydrogen) atoms. The highest BCUT2D eigenvalue weighted by atomic mass is 16.5. The molecule has 12 amide bonds. The largest absolute Gasteiger partial charge is 0.458 e. The highest BCUT2D eigenvalue weighted by molar-refractivity contribution is 6.00. The van der Waals surface area contributed by atoms with Crippen molar-refractivity contribution in [3.63, 3.8) is 0 Å². The van der Waals surface area contributed by atoms with Crippen LogP contribution in [0.25, 0.3) is 0 Å². The Bertz CT molecular complexity index is 2680. The maximum atomic E-state index is 15.7. The molecule has 12 atom stereocenters. The van der Waals surface area contributed by atoms with E-state index in [1.165, 1.54) is 92.6 Å². The minimum Gasteiger partial charge on any atom is -0.458 e. The molecule has 6 N–H and O–H groups in total. The van der Waals surface area contributed by atoms with Gasteiger partial charge in [-0.2, -0.15) is 0 Å². The second kappa shape index (κ2) is 40.5. The molecule has 27 nitrogen and oxygen atoms in total. The predicted molar refractivity (Wildman–Crippen MR) is 368 cm³/mol. The number of allylic oxidation sites excluding steroid dienone is 2. The number of hydrogen-bond donors (Lipinski definition) is 5. The maximum absolute atomic E-state index is 15.7. The molecule has 1 saturated heterocycles. The Labute approximate surface area is 573 Å². The maximum Gasteiger partial charge on any atom is 0.326 e. The molecular formula is C69H123N13O14. The third kappa shape index (κ3) is 25.0. The lowest BCUT2D eigenvalue weighted by molar-refractivity contribution is -0.167. The van der Waals surface area contributed by atoms with Gasteiger partial charge in [0.1, 0.15) is 73.1 Å². The van der Waals surface area contributed by atoms with Gasteiger partial charge in [0.2, 0.25) is 70.9 Å². The molecule has 0 saturated carbocycles. The van der Waals surface area contributed by atoms with Crippen molar-refractivity contribution < 1.29 is 67.1 Å². The minimum atomic E-state index is -1.75. The number of nitrogens with zero attached hydrogens (tertiary/aromatic N) is 8. The first-order valence-corrected chi connectivity index (χ1v) is 34.3. The van der Waals surface area contributed by atoms with E-state index in [1.807, 2.05) is 55.4 Å². The van der Waals surface area contributed by atoms with Crippen LogP contribution in [0.4, 0.5) is 0 Å². The summed E-state index contributed by atoms with van der Waals surface area (Å²) in [7, 11) is 9.76. The number of esters is 1. The van der Waals surface area contributed by atoms with Crippen LogP contribution >= 0.6 is 0 Å². The van der Waals surface area contributed by atoms with E-state index in [0.717, 1.165) is 9.80 Å². The average molecular weight is 1360 g/mol. The molecule has 0 aromatic heterocycles. The molecule has 1 rings (SSSR count). The molecule has 0 aromatic carbocycles. The number of carbonyl (C=O) groups is 13. The molecule has 1 fully saturated rings. The first-order chi connectivity index (χ1) is 44.5. The summed E-state index contributed by atoms with van der Waals surface area (Å²) in [6.45, 7) is 29.9. The lowest BCUT2D eigenvalue weighted by Gasteiger charge is -2.42. The summed E-state index contributed by atoms with van der Waals surface area (Å²) in [6.07, 6.45) is 3.10. The van der Waals surface area contributed by atoms with Gasteiger partial charge in [-0.15, -0.1) is 0 Å². The predicted octanol–water partition coefficient (Wildman–Crippen LogP) is 3.02. The fourth-order valence-corrected chi connectivity index (χ4v) is 11.9. The third-order valence-electron chi connectivity index (χ3n) is 17.7. The van der Waals surface area contributed by atoms with Crippen LogP contribution in [0, 0.1) is 41.4 Å². The van der Waals surface area contributed by atoms with Crippen LogP contribution in [0.2, 0.25) is 0 Å². The lowest BCUT2D eigenvalue weighted by Crippen LogP contribution is -2.64. The molecule has 1 aliphatic heterocycles. The third-order valence-corrected chi connectivity index (χ3v) is 17.7. The molecular weight excluding hydrogens is 1230 g/mol. The fourth-order valence-electron chi connectivity index (χ4n) is 11.9. The van der Waals surface area contributed by atoms with Gasteiger partial charge in [0.25, 0.3) is 0 Å². The summed E-state index contributed by atoms with van der Waals surface area (Å²) in [5.74, 6) is -12.1. The zero-order chi connectivity index (χ0) is 74.2. The molecule has 0 radical (unpaired) electrons. The quantitative estimate of drug-likeness (QED) is 0.0815. The summed E-state index contributed by atoms with van der Waals surface area (Å²) < 4.78 is 6.27. The zero-order valence-corrected chi connectivity index (χ0v) is 62.7. The van der Waals surface area contributed by atoms with Gasteiger partial charge in [-0.1, -0.05) is 116 Å². The number of nitrogens with one attached hydrogen (secondary N) is 4. The van der Waals surface area contributed by atoms with E-state index in [-0.39, 0.29) is 68.7 Å². The van der Waals surface area contributed by atoms with Gasteiger partial charge in [-0.05, 0) is 107 Å². The zero-order valence-electron chi connectivity index (χ0n) is 62.7. The van der Waals surface area contributed by atoms with Gasteiger partial charge in [0, 0.05) is 55.9 Å². The Morgan fingerprint density at radius 3 is 1.44 bits per heavy atom. The average Bonchev–Trinajstić information content (AvgIpc) is 0.804. The van der Waals surface area contributed by atoms with Crippen LogP contribution in [0.1, 0.15) is 170 Å². The summed E-state index contributed by atoms with van der Waals surface area (Å²) in [4.78, 5) is 200. The number of nitrogens with two attached hydrogens (primary N) is 1. The second-order valence-corrected chi connectivity index (χ2v) is 28.6. The number of likely N-dealkylation sites (N-methyl/N-ethyl adjacent to an activating group) is 7. The standard InChI is InChI=1S/C69H123N13O14/c1-26-29-30-45(16)59(96-55(85)38-82(31-27-2)53(83)36-70)58-63(89)73-48(28-3)65(91)75(19)37-54(84)76(20)49(32-39(4)5)62(88)74-56(43(12)13)68(94)77(21)50(33-40(6)7)61(87)71-46(17)60(86)72-47(18)64(90)78(22)51(34-41(8)9)66(92)79(23)52(35-42(10)11)67(93)80(24)57(44(14)15)69(95)81(58)25/h26,29,39-52,56-59H,27-28,30-38,70H2,1-25H3,(H,71,87)(H,72,86)(H,73,89)(H,74,88)/b29-26+/t45-,46+,47+,48+,49+,50+,51+,52+,56+,57+,58+,59-/m1/s1. The molecule has 1 aliphatic rings. The molecule has 548 valence electrons. The second-order valence-electron chi connectivity index (χ2n) is 28.6. The van der Waals surface area contributed by atoms with E-state index >= 15 is 19.2 Å². The molecule has 0 bridgehead atoms. The number of ether oxygens (including phenoxy) is 1. The van der Waals surface area contributed by atoms with Gasteiger partial charge in [-0.25, -0.2) is 0 Å². The van der Waals surface area contributed by atoms with Crippen LogP contribution in [-0.2, 0) is 67.1 Å². The van der Waals surface area contributed by atoms with Crippen molar-refractivity contribution in [2.45, 2.75) is 236 Å². The lowest BCUT2D eigenvalue weighted by atomic mass is 9.91. The van der Waals surface area contributed by atoms with Crippen LogP contribution in [0.15, 0.2) is 12.2 Å². The summed E-state index contributed by atoms with van der Waals surface area (Å²) in [6, 6.07) is -13.0. The molecule has 0 spiro atoms. The number of rotatable bonds is 21. The first-order valence-electron chi connectivity index (χ1n) is 34.3. The van der Waals surface area contributed by atoms with E-state index in [2.05, 4.69) is 21.3 Å². The Morgan fingerprint density at radius 2 is 0.979 bits per heavy atom. The van der Waals surface area contributed by atoms with Crippen molar-refractivity contribution in [2.24, 2.45) is 47.2 Å². The molecule has 0 aromatic rings. The Morgan fingerprint density at radius 1 is 0.531 bits per heavy atom. The molecule has 1 heterocycles. The van der Waals surface area contributed by atoms with Gasteiger partial charge in [-0.3, -0.25) is 62.3 Å². The normalized spacial score (nSPS) is 25.0. The van der Waals surface area contributed by atoms with E-state index < -0.39 is 181 Å². The minimum absolute atomic E-state index is 0.0589. The number of amides is 12. The van der Waals surface area contributed by atoms with Crippen LogP contribution in [0.3, 0.4) is 0 Å². The molecule has 0 aliphatic carbocycles. The Kier molecular flexibility index (Phi) is 36.6. The summed E-state index contributed by atoms with van der Waals surface area (Å²) in [5, 5.41) is 11.0. The van der Waals surface area contributed by atoms with Crippen molar-refractivity contribution in [1.29, 1.82) is 0 Å². The Balaban J connectivity index is 4.59. The van der Waals surface area contributed by atoms with E-state index in [1.54, 1.807) is 67.5 Å². The van der Waals surface area contributed by atoms with Crippen molar-refractivity contribution in [3.05, 3.63) is 12.2 Å². The van der Waals surface area contributed by atoms with Gasteiger partial charge >= 0.3 is 5.97 Å². The van der Waals surface area contributed by atoms with E-state index in [9.17, 15) is 43.2 Å². The van der Waals surface area contributed by atoms with Crippen molar-refractivity contribution in [2.75, 3.05) is 75.5 Å². The smallest absolute Gasteiger partial charge is 0.326 e. The fraction of sp³-hybridized carbons (Fsp3) is 0.783. The highest BCUT2D eigenvalue weighted by Crippen LogP contribution is 2.27. The summed E-state index contributed by atoms with van der Waals surface area (Å²) in [5.41, 5.74) is 5.74. The summed E-state index contributed by atoms with van der Waals surface area (Å²) >= 11 is 0. The van der Waals surface area contributed by atoms with Crippen LogP contribution < -0.4 is 27.0 Å². The van der Waals surface area contributed by atoms with Crippen LogP contribution in [-0.4, -0.2) is 258 Å². The highest BCUT2D eigenvalue weighted by Gasteiger charge is 2.47. The van der Waals surface area contributed by atoms with Crippen molar-refractivity contribution >= 4 is 76.9 Å². The topological polar surface area (TPSA) is 331 Å². The van der Waals surface area contributed by atoms with Crippen LogP contribution in [0.5, 0.6) is 0 Å². The van der Waals surface area contributed by atoms with E-state index in [0.29, 0.717) is 6.42 Å². The molecule has 0 unspecified atom stereocenters. The Hall–Kier alpha value is -7.19. The van der Waals surface area contributed by atoms with Gasteiger partial charge in [0.05, 0.1) is 13.1 Å². The van der Waals surface area contributed by atoms with Crippen molar-refractivity contribution in [1.82, 2.24) is 60.5 Å². The number of carbonyl (C=O) groups excluding carboxylic acids is 13.